The first-order chi connectivity index (χ1) is 10.2. The van der Waals surface area contributed by atoms with E-state index in [9.17, 15) is 9.90 Å². The molecule has 0 radical (unpaired) electrons. The molecular weight excluding hydrogens is 290 g/mol. The first kappa shape index (κ1) is 17.8. The van der Waals surface area contributed by atoms with E-state index in [-0.39, 0.29) is 12.5 Å². The Morgan fingerprint density at radius 2 is 2.10 bits per heavy atom. The van der Waals surface area contributed by atoms with Gasteiger partial charge in [-0.25, -0.2) is 0 Å². The zero-order valence-electron chi connectivity index (χ0n) is 12.5. The summed E-state index contributed by atoms with van der Waals surface area (Å²) in [6.07, 6.45) is -0.0399. The Kier molecular flexibility index (Phi) is 8.89. The molecule has 0 bridgehead atoms. The van der Waals surface area contributed by atoms with Crippen molar-refractivity contribution in [3.8, 4) is 5.75 Å². The van der Waals surface area contributed by atoms with E-state index in [1.165, 1.54) is 18.9 Å². The van der Waals surface area contributed by atoms with E-state index in [1.54, 1.807) is 0 Å². The van der Waals surface area contributed by atoms with Gasteiger partial charge in [-0.3, -0.25) is 4.79 Å². The Labute approximate surface area is 130 Å². The SMILES string of the molecule is CCOc1ccc(SCC(=O)NCCC(O)COC)cc1. The second kappa shape index (κ2) is 10.5. The van der Waals surface area contributed by atoms with Gasteiger partial charge in [0.2, 0.25) is 5.91 Å². The van der Waals surface area contributed by atoms with E-state index in [2.05, 4.69) is 5.32 Å². The summed E-state index contributed by atoms with van der Waals surface area (Å²) in [5.41, 5.74) is 0. The second-order valence-corrected chi connectivity index (χ2v) is 5.49. The van der Waals surface area contributed by atoms with Gasteiger partial charge >= 0.3 is 0 Å². The van der Waals surface area contributed by atoms with E-state index in [4.69, 9.17) is 9.47 Å². The molecule has 1 aromatic rings. The number of methoxy groups -OCH3 is 1. The first-order valence-corrected chi connectivity index (χ1v) is 7.93. The minimum Gasteiger partial charge on any atom is -0.494 e. The summed E-state index contributed by atoms with van der Waals surface area (Å²) in [7, 11) is 1.54. The van der Waals surface area contributed by atoms with Crippen LogP contribution in [0.3, 0.4) is 0 Å². The largest absolute Gasteiger partial charge is 0.494 e. The molecule has 2 N–H and O–H groups in total. The van der Waals surface area contributed by atoms with Gasteiger partial charge in [-0.1, -0.05) is 0 Å². The number of aliphatic hydroxyl groups excluding tert-OH is 1. The maximum atomic E-state index is 11.7. The van der Waals surface area contributed by atoms with Crippen LogP contribution in [0.2, 0.25) is 0 Å². The van der Waals surface area contributed by atoms with E-state index in [0.717, 1.165) is 10.6 Å². The molecule has 5 nitrogen and oxygen atoms in total. The van der Waals surface area contributed by atoms with Crippen molar-refractivity contribution in [2.45, 2.75) is 24.3 Å². The van der Waals surface area contributed by atoms with Crippen molar-refractivity contribution in [1.29, 1.82) is 0 Å². The zero-order valence-corrected chi connectivity index (χ0v) is 13.3. The van der Waals surface area contributed by atoms with Crippen LogP contribution >= 0.6 is 11.8 Å². The lowest BCUT2D eigenvalue weighted by molar-refractivity contribution is -0.118. The number of ether oxygens (including phenoxy) is 2. The van der Waals surface area contributed by atoms with E-state index >= 15 is 0 Å². The molecule has 1 atom stereocenters. The molecule has 6 heteroatoms. The van der Waals surface area contributed by atoms with Crippen LogP contribution in [0, 0.1) is 0 Å². The van der Waals surface area contributed by atoms with Gasteiger partial charge in [-0.2, -0.15) is 0 Å². The summed E-state index contributed by atoms with van der Waals surface area (Å²) < 4.78 is 10.2. The van der Waals surface area contributed by atoms with Crippen LogP contribution in [-0.4, -0.2) is 49.7 Å². The summed E-state index contributed by atoms with van der Waals surface area (Å²) in [5.74, 6) is 1.14. The van der Waals surface area contributed by atoms with Crippen LogP contribution in [-0.2, 0) is 9.53 Å². The molecular formula is C15H23NO4S. The van der Waals surface area contributed by atoms with E-state index in [1.807, 2.05) is 31.2 Å². The molecule has 1 amide bonds. The highest BCUT2D eigenvalue weighted by Gasteiger charge is 2.06. The number of benzene rings is 1. The Morgan fingerprint density at radius 3 is 2.71 bits per heavy atom. The Morgan fingerprint density at radius 1 is 1.38 bits per heavy atom. The quantitative estimate of drug-likeness (QED) is 0.644. The highest BCUT2D eigenvalue weighted by atomic mass is 32.2. The number of hydrogen-bond donors (Lipinski definition) is 2. The molecule has 0 aliphatic rings. The van der Waals surface area contributed by atoms with Gasteiger partial charge in [-0.15, -0.1) is 11.8 Å². The van der Waals surface area contributed by atoms with Crippen LogP contribution in [0.4, 0.5) is 0 Å². The molecule has 1 rings (SSSR count). The van der Waals surface area contributed by atoms with Crippen LogP contribution in [0.1, 0.15) is 13.3 Å². The smallest absolute Gasteiger partial charge is 0.230 e. The van der Waals surface area contributed by atoms with Crippen molar-refractivity contribution >= 4 is 17.7 Å². The predicted molar refractivity (Wildman–Crippen MR) is 83.8 cm³/mol. The van der Waals surface area contributed by atoms with Gasteiger partial charge in [0.05, 0.1) is 25.1 Å². The number of carbonyl (C=O) groups excluding carboxylic acids is 1. The molecule has 0 fully saturated rings. The highest BCUT2D eigenvalue weighted by molar-refractivity contribution is 8.00. The van der Waals surface area contributed by atoms with Gasteiger partial charge in [0, 0.05) is 18.6 Å². The molecule has 0 spiro atoms. The number of hydrogen-bond acceptors (Lipinski definition) is 5. The third-order valence-corrected chi connectivity index (χ3v) is 3.68. The van der Waals surface area contributed by atoms with E-state index in [0.29, 0.717) is 25.3 Å². The summed E-state index contributed by atoms with van der Waals surface area (Å²) in [4.78, 5) is 12.7. The third-order valence-electron chi connectivity index (χ3n) is 2.66. The minimum absolute atomic E-state index is 0.0431. The third kappa shape index (κ3) is 7.94. The van der Waals surface area contributed by atoms with Crippen LogP contribution in [0.15, 0.2) is 29.2 Å². The van der Waals surface area contributed by atoms with Crippen molar-refractivity contribution in [3.63, 3.8) is 0 Å². The molecule has 21 heavy (non-hydrogen) atoms. The van der Waals surface area contributed by atoms with Crippen LogP contribution < -0.4 is 10.1 Å². The van der Waals surface area contributed by atoms with Crippen molar-refractivity contribution in [2.75, 3.05) is 32.6 Å². The molecule has 0 aromatic heterocycles. The topological polar surface area (TPSA) is 67.8 Å². The Hall–Kier alpha value is -1.24. The maximum absolute atomic E-state index is 11.7. The first-order valence-electron chi connectivity index (χ1n) is 6.95. The number of amides is 1. The van der Waals surface area contributed by atoms with E-state index < -0.39 is 6.10 Å². The van der Waals surface area contributed by atoms with Gasteiger partial charge in [0.25, 0.3) is 0 Å². The molecule has 118 valence electrons. The number of aliphatic hydroxyl groups is 1. The molecule has 0 saturated heterocycles. The normalized spacial score (nSPS) is 12.0. The van der Waals surface area contributed by atoms with Gasteiger partial charge in [0.15, 0.2) is 0 Å². The van der Waals surface area contributed by atoms with Crippen molar-refractivity contribution in [1.82, 2.24) is 5.32 Å². The second-order valence-electron chi connectivity index (χ2n) is 4.44. The lowest BCUT2D eigenvalue weighted by Gasteiger charge is -2.10. The molecule has 1 aromatic carbocycles. The average Bonchev–Trinajstić information content (AvgIpc) is 2.47. The van der Waals surface area contributed by atoms with Crippen LogP contribution in [0.5, 0.6) is 5.75 Å². The number of thioether (sulfide) groups is 1. The average molecular weight is 313 g/mol. The standard InChI is InChI=1S/C15H23NO4S/c1-3-20-13-4-6-14(7-5-13)21-11-15(18)16-9-8-12(17)10-19-2/h4-7,12,17H,3,8-11H2,1-2H3,(H,16,18). The summed E-state index contributed by atoms with van der Waals surface area (Å²) in [6.45, 7) is 3.32. The van der Waals surface area contributed by atoms with Crippen molar-refractivity contribution in [2.24, 2.45) is 0 Å². The lowest BCUT2D eigenvalue weighted by atomic mass is 10.3. The predicted octanol–water partition coefficient (Wildman–Crippen LogP) is 1.69. The fourth-order valence-corrected chi connectivity index (χ4v) is 2.38. The van der Waals surface area contributed by atoms with Gasteiger partial charge < -0.3 is 19.9 Å². The number of nitrogens with one attached hydrogen (secondary N) is 1. The molecule has 0 aliphatic carbocycles. The van der Waals surface area contributed by atoms with Crippen molar-refractivity contribution < 1.29 is 19.4 Å². The van der Waals surface area contributed by atoms with Gasteiger partial charge in [0.1, 0.15) is 5.75 Å². The molecule has 0 saturated carbocycles. The van der Waals surface area contributed by atoms with Gasteiger partial charge in [-0.05, 0) is 37.6 Å². The lowest BCUT2D eigenvalue weighted by Crippen LogP contribution is -2.29. The number of carbonyl (C=O) groups is 1. The fraction of sp³-hybridized carbons (Fsp3) is 0.533. The molecule has 0 heterocycles. The maximum Gasteiger partial charge on any atom is 0.230 e. The summed E-state index contributed by atoms with van der Waals surface area (Å²) >= 11 is 1.47. The summed E-state index contributed by atoms with van der Waals surface area (Å²) in [5, 5.41) is 12.2. The monoisotopic (exact) mass is 313 g/mol. The van der Waals surface area contributed by atoms with Crippen LogP contribution in [0.25, 0.3) is 0 Å². The summed E-state index contributed by atoms with van der Waals surface area (Å²) in [6, 6.07) is 7.66. The van der Waals surface area contributed by atoms with Crippen molar-refractivity contribution in [3.05, 3.63) is 24.3 Å². The highest BCUT2D eigenvalue weighted by Crippen LogP contribution is 2.21. The Balaban J connectivity index is 2.20. The Bertz CT molecular complexity index is 411. The fourth-order valence-electron chi connectivity index (χ4n) is 1.65. The molecule has 1 unspecified atom stereocenters. The number of rotatable bonds is 10. The minimum atomic E-state index is -0.533. The molecule has 0 aliphatic heterocycles. The zero-order chi connectivity index (χ0) is 15.5.